The van der Waals surface area contributed by atoms with E-state index in [4.69, 9.17) is 14.6 Å². The van der Waals surface area contributed by atoms with Gasteiger partial charge in [-0.25, -0.2) is 0 Å². The monoisotopic (exact) mass is 540 g/mol. The minimum absolute atomic E-state index is 0.0213. The Morgan fingerprint density at radius 3 is 2.39 bits per heavy atom. The first-order chi connectivity index (χ1) is 18.3. The SMILES string of the molecule is C[C@H]1[C@@H](CSc2nncn2C)O[C@@H](c2ccc(NC(=O)CCCC(=O)O)cc2)O[C@H]1c1ccc(CO)cc1. The van der Waals surface area contributed by atoms with Gasteiger partial charge in [-0.3, -0.25) is 9.59 Å². The van der Waals surface area contributed by atoms with E-state index >= 15 is 0 Å². The minimum atomic E-state index is -0.917. The number of aliphatic carboxylic acids is 1. The van der Waals surface area contributed by atoms with E-state index in [9.17, 15) is 14.7 Å². The standard InChI is InChI=1S/C27H32N4O6S/c1-17-22(15-38-27-30-28-16-31(27)2)36-26(37-25(17)19-8-6-18(14-32)7-9-19)20-10-12-21(13-11-20)29-23(33)4-3-5-24(34)35/h6-13,16-17,22,25-26,32H,3-5,14-15H2,1-2H3,(H,29,33)(H,34,35)/t17-,22+,25+,26+/m0/s1. The van der Waals surface area contributed by atoms with Gasteiger partial charge < -0.3 is 29.6 Å². The fraction of sp³-hybridized carbons (Fsp3) is 0.407. The van der Waals surface area contributed by atoms with E-state index in [0.29, 0.717) is 11.4 Å². The molecule has 1 saturated heterocycles. The van der Waals surface area contributed by atoms with Crippen LogP contribution in [0.4, 0.5) is 5.69 Å². The first-order valence-corrected chi connectivity index (χ1v) is 13.4. The number of aromatic nitrogens is 3. The lowest BCUT2D eigenvalue weighted by atomic mass is 9.91. The van der Waals surface area contributed by atoms with Crippen molar-refractivity contribution >= 4 is 29.3 Å². The van der Waals surface area contributed by atoms with E-state index in [0.717, 1.165) is 21.8 Å². The van der Waals surface area contributed by atoms with Crippen molar-refractivity contribution in [3.05, 3.63) is 71.5 Å². The van der Waals surface area contributed by atoms with Gasteiger partial charge in [0.15, 0.2) is 11.4 Å². The Labute approximate surface area is 225 Å². The van der Waals surface area contributed by atoms with Crippen molar-refractivity contribution < 1.29 is 29.3 Å². The molecule has 3 N–H and O–H groups in total. The molecule has 11 heteroatoms. The van der Waals surface area contributed by atoms with Gasteiger partial charge in [-0.2, -0.15) is 0 Å². The van der Waals surface area contributed by atoms with Crippen LogP contribution < -0.4 is 5.32 Å². The molecule has 2 aromatic carbocycles. The summed E-state index contributed by atoms with van der Waals surface area (Å²) < 4.78 is 14.8. The zero-order valence-electron chi connectivity index (χ0n) is 21.3. The molecule has 10 nitrogen and oxygen atoms in total. The maximum absolute atomic E-state index is 12.1. The number of thioether (sulfide) groups is 1. The zero-order chi connectivity index (χ0) is 27.1. The Bertz CT molecular complexity index is 1220. The number of carboxylic acid groups (broad SMARTS) is 1. The van der Waals surface area contributed by atoms with Gasteiger partial charge in [-0.15, -0.1) is 10.2 Å². The van der Waals surface area contributed by atoms with Gasteiger partial charge in [-0.1, -0.05) is 55.1 Å². The van der Waals surface area contributed by atoms with E-state index in [1.165, 1.54) is 0 Å². The molecule has 2 heterocycles. The normalized spacial score (nSPS) is 21.2. The number of carboxylic acids is 1. The van der Waals surface area contributed by atoms with Crippen LogP contribution >= 0.6 is 11.8 Å². The lowest BCUT2D eigenvalue weighted by Crippen LogP contribution is -2.38. The lowest BCUT2D eigenvalue weighted by molar-refractivity contribution is -0.268. The van der Waals surface area contributed by atoms with Gasteiger partial charge in [0.25, 0.3) is 0 Å². The highest BCUT2D eigenvalue weighted by atomic mass is 32.2. The van der Waals surface area contributed by atoms with Crippen LogP contribution in [0, 0.1) is 5.92 Å². The van der Waals surface area contributed by atoms with Gasteiger partial charge in [-0.05, 0) is 29.7 Å². The maximum Gasteiger partial charge on any atom is 0.303 e. The third-order valence-electron chi connectivity index (χ3n) is 6.43. The third kappa shape index (κ3) is 7.19. The molecule has 4 rings (SSSR count). The molecule has 3 aromatic rings. The van der Waals surface area contributed by atoms with E-state index in [-0.39, 0.29) is 49.9 Å². The second kappa shape index (κ2) is 13.0. The summed E-state index contributed by atoms with van der Waals surface area (Å²) in [5.41, 5.74) is 3.26. The molecule has 1 fully saturated rings. The maximum atomic E-state index is 12.1. The minimum Gasteiger partial charge on any atom is -0.481 e. The van der Waals surface area contributed by atoms with Gasteiger partial charge in [0, 0.05) is 42.8 Å². The number of hydrogen-bond acceptors (Lipinski definition) is 8. The van der Waals surface area contributed by atoms with Crippen LogP contribution in [0.5, 0.6) is 0 Å². The molecule has 1 amide bonds. The van der Waals surface area contributed by atoms with Crippen molar-refractivity contribution in [1.82, 2.24) is 14.8 Å². The van der Waals surface area contributed by atoms with Crippen molar-refractivity contribution in [2.75, 3.05) is 11.1 Å². The molecule has 4 atom stereocenters. The zero-order valence-corrected chi connectivity index (χ0v) is 22.1. The number of benzene rings is 2. The highest BCUT2D eigenvalue weighted by Gasteiger charge is 2.38. The summed E-state index contributed by atoms with van der Waals surface area (Å²) in [6, 6.07) is 15.0. The highest BCUT2D eigenvalue weighted by molar-refractivity contribution is 7.99. The van der Waals surface area contributed by atoms with Crippen molar-refractivity contribution in [2.24, 2.45) is 13.0 Å². The summed E-state index contributed by atoms with van der Waals surface area (Å²) in [5.74, 6) is -0.454. The Morgan fingerprint density at radius 1 is 1.05 bits per heavy atom. The summed E-state index contributed by atoms with van der Waals surface area (Å²) >= 11 is 1.57. The second-order valence-electron chi connectivity index (χ2n) is 9.27. The van der Waals surface area contributed by atoms with Gasteiger partial charge in [0.2, 0.25) is 5.91 Å². The van der Waals surface area contributed by atoms with Crippen molar-refractivity contribution in [3.63, 3.8) is 0 Å². The molecular weight excluding hydrogens is 508 g/mol. The molecule has 0 saturated carbocycles. The second-order valence-corrected chi connectivity index (χ2v) is 10.3. The molecule has 38 heavy (non-hydrogen) atoms. The molecule has 1 aromatic heterocycles. The molecule has 0 radical (unpaired) electrons. The van der Waals surface area contributed by atoms with Crippen LogP contribution in [0.25, 0.3) is 0 Å². The predicted molar refractivity (Wildman–Crippen MR) is 141 cm³/mol. The number of rotatable bonds is 11. The van der Waals surface area contributed by atoms with Crippen LogP contribution in [-0.2, 0) is 32.7 Å². The number of aliphatic hydroxyl groups excluding tert-OH is 1. The average Bonchev–Trinajstić information content (AvgIpc) is 3.33. The number of aliphatic hydroxyl groups is 1. The summed E-state index contributed by atoms with van der Waals surface area (Å²) in [7, 11) is 1.90. The van der Waals surface area contributed by atoms with Crippen LogP contribution in [0.15, 0.2) is 60.0 Å². The third-order valence-corrected chi connectivity index (χ3v) is 7.55. The molecular formula is C27H32N4O6S. The first-order valence-electron chi connectivity index (χ1n) is 12.4. The van der Waals surface area contributed by atoms with Crippen LogP contribution in [-0.4, -0.2) is 48.7 Å². The number of nitrogens with zero attached hydrogens (tertiary/aromatic N) is 3. The van der Waals surface area contributed by atoms with Crippen molar-refractivity contribution in [3.8, 4) is 0 Å². The summed E-state index contributed by atoms with van der Waals surface area (Å²) in [6.45, 7) is 2.08. The Kier molecular flexibility index (Phi) is 9.51. The number of ether oxygens (including phenoxy) is 2. The molecule has 0 spiro atoms. The number of carbonyl (C=O) groups is 2. The van der Waals surface area contributed by atoms with E-state index < -0.39 is 12.3 Å². The highest BCUT2D eigenvalue weighted by Crippen LogP contribution is 2.43. The Balaban J connectivity index is 1.48. The Morgan fingerprint density at radius 2 is 1.76 bits per heavy atom. The summed E-state index contributed by atoms with van der Waals surface area (Å²) in [4.78, 5) is 22.8. The summed E-state index contributed by atoms with van der Waals surface area (Å²) in [5, 5.41) is 29.9. The number of amides is 1. The average molecular weight is 541 g/mol. The number of aryl methyl sites for hydroxylation is 1. The predicted octanol–water partition coefficient (Wildman–Crippen LogP) is 4.08. The van der Waals surface area contributed by atoms with Crippen LogP contribution in [0.2, 0.25) is 0 Å². The molecule has 1 aliphatic rings. The Hall–Kier alpha value is -3.25. The van der Waals surface area contributed by atoms with Crippen LogP contribution in [0.3, 0.4) is 0 Å². The number of carbonyl (C=O) groups excluding carboxylic acids is 1. The molecule has 0 bridgehead atoms. The van der Waals surface area contributed by atoms with Crippen molar-refractivity contribution in [1.29, 1.82) is 0 Å². The topological polar surface area (TPSA) is 136 Å². The van der Waals surface area contributed by atoms with E-state index in [1.807, 2.05) is 48.0 Å². The fourth-order valence-electron chi connectivity index (χ4n) is 4.22. The molecule has 1 aliphatic heterocycles. The van der Waals surface area contributed by atoms with Gasteiger partial charge in [0.05, 0.1) is 18.8 Å². The smallest absolute Gasteiger partial charge is 0.303 e. The fourth-order valence-corrected chi connectivity index (χ4v) is 5.27. The van der Waals surface area contributed by atoms with Crippen molar-refractivity contribution in [2.45, 2.75) is 56.4 Å². The largest absolute Gasteiger partial charge is 0.481 e. The van der Waals surface area contributed by atoms with Gasteiger partial charge in [0.1, 0.15) is 6.33 Å². The van der Waals surface area contributed by atoms with E-state index in [1.54, 1.807) is 30.2 Å². The van der Waals surface area contributed by atoms with Crippen LogP contribution in [0.1, 0.15) is 55.3 Å². The quantitative estimate of drug-likeness (QED) is 0.307. The van der Waals surface area contributed by atoms with Gasteiger partial charge >= 0.3 is 5.97 Å². The van der Waals surface area contributed by atoms with E-state index in [2.05, 4.69) is 22.4 Å². The summed E-state index contributed by atoms with van der Waals surface area (Å²) in [6.07, 6.45) is 1.04. The molecule has 0 unspecified atom stereocenters. The number of hydrogen-bond donors (Lipinski definition) is 3. The first kappa shape index (κ1) is 27.8. The number of anilines is 1. The molecule has 202 valence electrons. The lowest BCUT2D eigenvalue weighted by Gasteiger charge is -2.41. The molecule has 0 aliphatic carbocycles. The number of nitrogens with one attached hydrogen (secondary N) is 1.